The highest BCUT2D eigenvalue weighted by molar-refractivity contribution is 5.69. The van der Waals surface area contributed by atoms with Gasteiger partial charge in [0.05, 0.1) is 0 Å². The van der Waals surface area contributed by atoms with Gasteiger partial charge >= 0.3 is 11.9 Å². The second-order valence-electron chi connectivity index (χ2n) is 14.8. The Morgan fingerprint density at radius 1 is 0.442 bits per heavy atom. The minimum Gasteiger partial charge on any atom is -0.481 e. The number of ether oxygens (including phenoxy) is 1. The van der Waals surface area contributed by atoms with E-state index in [2.05, 4.69) is 74.6 Å². The molecule has 0 bridgehead atoms. The Kier molecular flexibility index (Phi) is 41.1. The summed E-state index contributed by atoms with van der Waals surface area (Å²) in [5.41, 5.74) is 0. The molecule has 1 unspecified atom stereocenters. The molecule has 0 fully saturated rings. The Balaban J connectivity index is 3.48. The number of esters is 1. The van der Waals surface area contributed by atoms with Gasteiger partial charge in [0.25, 0.3) is 0 Å². The second kappa shape index (κ2) is 43.0. The molecule has 1 N–H and O–H groups in total. The van der Waals surface area contributed by atoms with Crippen LogP contribution < -0.4 is 0 Å². The van der Waals surface area contributed by atoms with Crippen LogP contribution in [0.3, 0.4) is 0 Å². The molecule has 0 saturated carbocycles. The molecule has 0 rings (SSSR count). The number of hydrogen-bond acceptors (Lipinski definition) is 3. The zero-order valence-electron chi connectivity index (χ0n) is 34.4. The molecule has 0 radical (unpaired) electrons. The summed E-state index contributed by atoms with van der Waals surface area (Å²) in [4.78, 5) is 22.9. The minimum atomic E-state index is -0.662. The number of carbonyl (C=O) groups is 2. The van der Waals surface area contributed by atoms with Gasteiger partial charge in [0.1, 0.15) is 6.10 Å². The highest BCUT2D eigenvalue weighted by Gasteiger charge is 2.12. The molecular formula is C48H84O4. The zero-order valence-corrected chi connectivity index (χ0v) is 34.4. The first-order valence-electron chi connectivity index (χ1n) is 22.3. The molecule has 52 heavy (non-hydrogen) atoms. The predicted octanol–water partition coefficient (Wildman–Crippen LogP) is 15.7. The van der Waals surface area contributed by atoms with Gasteiger partial charge in [-0.3, -0.25) is 9.59 Å². The Hall–Kier alpha value is -2.36. The van der Waals surface area contributed by atoms with E-state index in [-0.39, 0.29) is 12.1 Å². The van der Waals surface area contributed by atoms with Crippen molar-refractivity contribution >= 4 is 11.9 Å². The molecule has 1 atom stereocenters. The fraction of sp³-hybridized carbons (Fsp3) is 0.750. The number of rotatable bonds is 40. The van der Waals surface area contributed by atoms with Crippen molar-refractivity contribution in [3.8, 4) is 0 Å². The Bertz CT molecular complexity index is 911. The van der Waals surface area contributed by atoms with Crippen molar-refractivity contribution in [3.05, 3.63) is 60.8 Å². The first kappa shape index (κ1) is 49.6. The van der Waals surface area contributed by atoms with Gasteiger partial charge in [-0.25, -0.2) is 0 Å². The van der Waals surface area contributed by atoms with E-state index >= 15 is 0 Å². The standard InChI is InChI=1S/C48H84O4/c1-3-5-6-7-8-9-10-11-12-13-14-15-16-21-24-27-30-33-36-39-42-45-48(51)52-46(4-2)43-40-37-34-31-28-25-22-19-17-18-20-23-26-29-32-35-38-41-44-47(49)50/h5-6,8-9,11-12,14-15,21,24,46H,3-4,7,10,13,16-20,22-23,25-45H2,1-2H3,(H,49,50)/b6-5-,9-8-,12-11-,15-14-,24-21-. The van der Waals surface area contributed by atoms with E-state index < -0.39 is 5.97 Å². The Morgan fingerprint density at radius 3 is 1.19 bits per heavy atom. The number of aliphatic carboxylic acids is 1. The quantitative estimate of drug-likeness (QED) is 0.0388. The lowest BCUT2D eigenvalue weighted by atomic mass is 10.0. The molecule has 0 aliphatic carbocycles. The van der Waals surface area contributed by atoms with E-state index in [9.17, 15) is 9.59 Å². The molecule has 4 nitrogen and oxygen atoms in total. The van der Waals surface area contributed by atoms with Gasteiger partial charge in [-0.15, -0.1) is 0 Å². The van der Waals surface area contributed by atoms with E-state index in [1.54, 1.807) is 0 Å². The van der Waals surface area contributed by atoms with E-state index in [1.807, 2.05) is 0 Å². The maximum Gasteiger partial charge on any atom is 0.306 e. The minimum absolute atomic E-state index is 0.00681. The van der Waals surface area contributed by atoms with Crippen LogP contribution in [0.2, 0.25) is 0 Å². The van der Waals surface area contributed by atoms with Gasteiger partial charge < -0.3 is 9.84 Å². The Labute approximate surface area is 323 Å². The van der Waals surface area contributed by atoms with Crippen molar-refractivity contribution in [2.75, 3.05) is 0 Å². The molecule has 300 valence electrons. The van der Waals surface area contributed by atoms with Crippen LogP contribution in [0.15, 0.2) is 60.8 Å². The largest absolute Gasteiger partial charge is 0.481 e. The number of carbonyl (C=O) groups excluding carboxylic acids is 1. The number of allylic oxidation sites excluding steroid dienone is 10. The van der Waals surface area contributed by atoms with Crippen molar-refractivity contribution in [1.29, 1.82) is 0 Å². The average Bonchev–Trinajstić information content (AvgIpc) is 3.14. The van der Waals surface area contributed by atoms with Crippen molar-refractivity contribution < 1.29 is 19.4 Å². The molecule has 0 saturated heterocycles. The molecule has 0 spiro atoms. The summed E-state index contributed by atoms with van der Waals surface area (Å²) in [5, 5.41) is 8.66. The molecule has 0 heterocycles. The third kappa shape index (κ3) is 42.1. The smallest absolute Gasteiger partial charge is 0.306 e. The lowest BCUT2D eigenvalue weighted by Gasteiger charge is -2.16. The van der Waals surface area contributed by atoms with Gasteiger partial charge in [-0.1, -0.05) is 197 Å². The summed E-state index contributed by atoms with van der Waals surface area (Å²) in [6.45, 7) is 4.31. The number of unbranched alkanes of at least 4 members (excludes halogenated alkanes) is 22. The average molecular weight is 725 g/mol. The molecule has 0 aromatic heterocycles. The summed E-state index contributed by atoms with van der Waals surface area (Å²) in [7, 11) is 0. The van der Waals surface area contributed by atoms with Crippen molar-refractivity contribution in [3.63, 3.8) is 0 Å². The molecule has 0 aliphatic rings. The van der Waals surface area contributed by atoms with Crippen LogP contribution in [0.5, 0.6) is 0 Å². The predicted molar refractivity (Wildman–Crippen MR) is 227 cm³/mol. The zero-order chi connectivity index (χ0) is 37.8. The van der Waals surface area contributed by atoms with E-state index in [0.717, 1.165) is 77.0 Å². The highest BCUT2D eigenvalue weighted by atomic mass is 16.5. The SMILES string of the molecule is CC/C=C\C/C=C\C/C=C\C/C=C\C/C=C\CCCCCCCC(=O)OC(CC)CCCCCCCCCCCCCCCCCCCCC(=O)O. The van der Waals surface area contributed by atoms with E-state index in [4.69, 9.17) is 9.84 Å². The third-order valence-corrected chi connectivity index (χ3v) is 9.83. The lowest BCUT2D eigenvalue weighted by molar-refractivity contribution is -0.149. The summed E-state index contributed by atoms with van der Waals surface area (Å²) >= 11 is 0. The third-order valence-electron chi connectivity index (χ3n) is 9.83. The summed E-state index contributed by atoms with van der Waals surface area (Å²) in [5.74, 6) is -0.655. The van der Waals surface area contributed by atoms with Gasteiger partial charge in [0.15, 0.2) is 0 Å². The maximum absolute atomic E-state index is 12.4. The van der Waals surface area contributed by atoms with Crippen LogP contribution in [0.25, 0.3) is 0 Å². The van der Waals surface area contributed by atoms with E-state index in [0.29, 0.717) is 12.8 Å². The Morgan fingerprint density at radius 2 is 0.788 bits per heavy atom. The highest BCUT2D eigenvalue weighted by Crippen LogP contribution is 2.17. The molecule has 0 aromatic carbocycles. The van der Waals surface area contributed by atoms with Crippen molar-refractivity contribution in [2.24, 2.45) is 0 Å². The van der Waals surface area contributed by atoms with Gasteiger partial charge in [0.2, 0.25) is 0 Å². The second-order valence-corrected chi connectivity index (χ2v) is 14.8. The fourth-order valence-electron chi connectivity index (χ4n) is 6.50. The first-order chi connectivity index (χ1) is 25.6. The van der Waals surface area contributed by atoms with Gasteiger partial charge in [-0.2, -0.15) is 0 Å². The van der Waals surface area contributed by atoms with Crippen LogP contribution >= 0.6 is 0 Å². The van der Waals surface area contributed by atoms with Crippen LogP contribution in [0.1, 0.15) is 226 Å². The van der Waals surface area contributed by atoms with Crippen LogP contribution in [0, 0.1) is 0 Å². The molecule has 0 aliphatic heterocycles. The van der Waals surface area contributed by atoms with Crippen LogP contribution in [-0.4, -0.2) is 23.1 Å². The molecule has 0 amide bonds. The molecule has 4 heteroatoms. The normalized spacial score (nSPS) is 12.8. The lowest BCUT2D eigenvalue weighted by Crippen LogP contribution is -2.17. The van der Waals surface area contributed by atoms with Gasteiger partial charge in [0, 0.05) is 12.8 Å². The van der Waals surface area contributed by atoms with Crippen molar-refractivity contribution in [1.82, 2.24) is 0 Å². The first-order valence-corrected chi connectivity index (χ1v) is 22.3. The number of carboxylic acids is 1. The van der Waals surface area contributed by atoms with Gasteiger partial charge in [-0.05, 0) is 77.0 Å². The van der Waals surface area contributed by atoms with E-state index in [1.165, 1.54) is 122 Å². The monoisotopic (exact) mass is 725 g/mol. The number of hydrogen-bond donors (Lipinski definition) is 1. The topological polar surface area (TPSA) is 63.6 Å². The molecule has 0 aromatic rings. The summed E-state index contributed by atoms with van der Waals surface area (Å²) in [6, 6.07) is 0. The van der Waals surface area contributed by atoms with Crippen LogP contribution in [0.4, 0.5) is 0 Å². The summed E-state index contributed by atoms with van der Waals surface area (Å²) < 4.78 is 5.81. The van der Waals surface area contributed by atoms with Crippen molar-refractivity contribution in [2.45, 2.75) is 232 Å². The fourth-order valence-corrected chi connectivity index (χ4v) is 6.50. The molecular weight excluding hydrogens is 641 g/mol. The number of carboxylic acid groups (broad SMARTS) is 1. The maximum atomic E-state index is 12.4. The van der Waals surface area contributed by atoms with Crippen LogP contribution in [-0.2, 0) is 14.3 Å². The summed E-state index contributed by atoms with van der Waals surface area (Å²) in [6.07, 6.45) is 60.7.